The Morgan fingerprint density at radius 3 is 2.86 bits per heavy atom. The minimum atomic E-state index is -1.27. The number of aliphatic carboxylic acids is 1. The lowest BCUT2D eigenvalue weighted by Crippen LogP contribution is -2.60. The van der Waals surface area contributed by atoms with Crippen molar-refractivity contribution in [2.75, 3.05) is 13.1 Å². The molecule has 0 aliphatic carbocycles. The number of hydrogen-bond acceptors (Lipinski definition) is 3. The van der Waals surface area contributed by atoms with Crippen molar-refractivity contribution in [2.24, 2.45) is 5.92 Å². The zero-order valence-electron chi connectivity index (χ0n) is 12.5. The molecule has 0 saturated carbocycles. The van der Waals surface area contributed by atoms with Crippen LogP contribution in [0, 0.1) is 5.92 Å². The third kappa shape index (κ3) is 2.96. The van der Waals surface area contributed by atoms with Crippen LogP contribution in [0.5, 0.6) is 0 Å². The van der Waals surface area contributed by atoms with Crippen LogP contribution < -0.4 is 10.6 Å². The van der Waals surface area contributed by atoms with Crippen LogP contribution in [-0.2, 0) is 9.59 Å². The molecule has 3 N–H and O–H groups in total. The van der Waals surface area contributed by atoms with Crippen molar-refractivity contribution in [1.82, 2.24) is 15.5 Å². The van der Waals surface area contributed by atoms with Gasteiger partial charge < -0.3 is 20.6 Å². The summed E-state index contributed by atoms with van der Waals surface area (Å²) in [6.45, 7) is 4.41. The third-order valence-corrected chi connectivity index (χ3v) is 4.47. The van der Waals surface area contributed by atoms with Crippen LogP contribution >= 0.6 is 0 Å². The van der Waals surface area contributed by atoms with E-state index < -0.39 is 11.5 Å². The summed E-state index contributed by atoms with van der Waals surface area (Å²) in [6, 6.07) is -0.550. The van der Waals surface area contributed by atoms with Gasteiger partial charge in [0.1, 0.15) is 5.54 Å². The topological polar surface area (TPSA) is 98.7 Å². The second-order valence-corrected chi connectivity index (χ2v) is 6.07. The Hall–Kier alpha value is -1.79. The lowest BCUT2D eigenvalue weighted by molar-refractivity contribution is -0.144. The highest BCUT2D eigenvalue weighted by atomic mass is 16.4. The van der Waals surface area contributed by atoms with Gasteiger partial charge >= 0.3 is 12.0 Å². The van der Waals surface area contributed by atoms with Gasteiger partial charge in [-0.15, -0.1) is 0 Å². The number of nitrogens with zero attached hydrogens (tertiary/aromatic N) is 1. The number of fused-ring (bicyclic) bond motifs is 1. The molecule has 0 bridgehead atoms. The first-order valence-corrected chi connectivity index (χ1v) is 7.49. The van der Waals surface area contributed by atoms with Gasteiger partial charge in [-0.2, -0.15) is 0 Å². The van der Waals surface area contributed by atoms with Crippen molar-refractivity contribution < 1.29 is 19.5 Å². The van der Waals surface area contributed by atoms with E-state index in [9.17, 15) is 19.5 Å². The molecular formula is C14H23N3O4. The molecule has 118 valence electrons. The number of piperidine rings is 1. The molecule has 2 aliphatic rings. The number of carboxylic acid groups (broad SMARTS) is 1. The molecule has 2 fully saturated rings. The fourth-order valence-electron chi connectivity index (χ4n) is 3.23. The molecule has 2 aliphatic heterocycles. The number of urea groups is 1. The van der Waals surface area contributed by atoms with E-state index in [0.29, 0.717) is 25.9 Å². The highest BCUT2D eigenvalue weighted by Crippen LogP contribution is 2.27. The van der Waals surface area contributed by atoms with E-state index in [1.807, 2.05) is 6.92 Å². The Labute approximate surface area is 124 Å². The molecule has 7 heteroatoms. The number of likely N-dealkylation sites (tertiary alicyclic amines) is 1. The van der Waals surface area contributed by atoms with Gasteiger partial charge in [0.25, 0.3) is 0 Å². The molecule has 0 aromatic rings. The summed E-state index contributed by atoms with van der Waals surface area (Å²) in [5.41, 5.74) is -1.27. The smallest absolute Gasteiger partial charge is 0.329 e. The van der Waals surface area contributed by atoms with E-state index in [4.69, 9.17) is 0 Å². The van der Waals surface area contributed by atoms with Gasteiger partial charge in [-0.3, -0.25) is 4.79 Å². The standard InChI is InChI=1S/C14H23N3O4/c1-3-6-14(2,12(19)20)16-13(21)17-7-4-5-9-10(17)8-15-11(9)18/h9-10H,3-8H2,1-2H3,(H,15,18)(H,16,21)(H,19,20). The van der Waals surface area contributed by atoms with Crippen LogP contribution in [-0.4, -0.2) is 52.6 Å². The molecule has 0 spiro atoms. The second-order valence-electron chi connectivity index (χ2n) is 6.07. The number of carbonyl (C=O) groups is 3. The minimum Gasteiger partial charge on any atom is -0.480 e. The van der Waals surface area contributed by atoms with Crippen molar-refractivity contribution in [1.29, 1.82) is 0 Å². The Balaban J connectivity index is 2.08. The Morgan fingerprint density at radius 1 is 1.52 bits per heavy atom. The SMILES string of the molecule is CCCC(C)(NC(=O)N1CCCC2C(=O)NCC21)C(=O)O. The molecule has 0 aromatic carbocycles. The molecule has 7 nitrogen and oxygen atoms in total. The van der Waals surface area contributed by atoms with E-state index in [1.165, 1.54) is 6.92 Å². The average Bonchev–Trinajstić information content (AvgIpc) is 2.80. The molecule has 0 aromatic heterocycles. The summed E-state index contributed by atoms with van der Waals surface area (Å²) < 4.78 is 0. The van der Waals surface area contributed by atoms with E-state index in [1.54, 1.807) is 4.90 Å². The average molecular weight is 297 g/mol. The van der Waals surface area contributed by atoms with Crippen LogP contribution in [0.2, 0.25) is 0 Å². The molecule has 0 radical (unpaired) electrons. The maximum atomic E-state index is 12.5. The summed E-state index contributed by atoms with van der Waals surface area (Å²) in [5.74, 6) is -1.20. The molecule has 2 saturated heterocycles. The lowest BCUT2D eigenvalue weighted by Gasteiger charge is -2.38. The van der Waals surface area contributed by atoms with Gasteiger partial charge in [-0.1, -0.05) is 13.3 Å². The first kappa shape index (κ1) is 15.6. The second kappa shape index (κ2) is 5.91. The number of nitrogens with one attached hydrogen (secondary N) is 2. The zero-order chi connectivity index (χ0) is 15.6. The van der Waals surface area contributed by atoms with Gasteiger partial charge in [0.2, 0.25) is 5.91 Å². The predicted molar refractivity (Wildman–Crippen MR) is 75.7 cm³/mol. The monoisotopic (exact) mass is 297 g/mol. The molecule has 21 heavy (non-hydrogen) atoms. The van der Waals surface area contributed by atoms with Crippen LogP contribution in [0.3, 0.4) is 0 Å². The maximum absolute atomic E-state index is 12.5. The fraction of sp³-hybridized carbons (Fsp3) is 0.786. The number of carboxylic acids is 1. The first-order valence-electron chi connectivity index (χ1n) is 7.49. The summed E-state index contributed by atoms with van der Waals surface area (Å²) in [5, 5.41) is 14.8. The minimum absolute atomic E-state index is 0.00736. The van der Waals surface area contributed by atoms with E-state index in [-0.39, 0.29) is 23.9 Å². The molecule has 3 amide bonds. The van der Waals surface area contributed by atoms with Gasteiger partial charge in [0, 0.05) is 13.1 Å². The first-order chi connectivity index (χ1) is 9.89. The largest absolute Gasteiger partial charge is 0.480 e. The molecule has 2 rings (SSSR count). The van der Waals surface area contributed by atoms with E-state index in [2.05, 4.69) is 10.6 Å². The Bertz CT molecular complexity index is 454. The zero-order valence-corrected chi connectivity index (χ0v) is 12.5. The highest BCUT2D eigenvalue weighted by molar-refractivity contribution is 5.87. The summed E-state index contributed by atoms with van der Waals surface area (Å²) in [4.78, 5) is 37.2. The predicted octanol–water partition coefficient (Wildman–Crippen LogP) is 0.550. The number of carbonyl (C=O) groups excluding carboxylic acids is 2. The van der Waals surface area contributed by atoms with E-state index >= 15 is 0 Å². The number of hydrogen-bond donors (Lipinski definition) is 3. The Kier molecular flexibility index (Phi) is 4.39. The lowest BCUT2D eigenvalue weighted by atomic mass is 9.91. The van der Waals surface area contributed by atoms with Gasteiger partial charge in [0.05, 0.1) is 12.0 Å². The molecule has 3 unspecified atom stereocenters. The Morgan fingerprint density at radius 2 is 2.24 bits per heavy atom. The van der Waals surface area contributed by atoms with Gasteiger partial charge in [-0.25, -0.2) is 9.59 Å². The quantitative estimate of drug-likeness (QED) is 0.705. The van der Waals surface area contributed by atoms with Crippen molar-refractivity contribution >= 4 is 17.9 Å². The van der Waals surface area contributed by atoms with Gasteiger partial charge in [0.15, 0.2) is 0 Å². The van der Waals surface area contributed by atoms with Crippen molar-refractivity contribution in [3.8, 4) is 0 Å². The maximum Gasteiger partial charge on any atom is 0.329 e. The van der Waals surface area contributed by atoms with Gasteiger partial charge in [-0.05, 0) is 26.2 Å². The number of amides is 3. The summed E-state index contributed by atoms with van der Waals surface area (Å²) in [6.07, 6.45) is 2.58. The van der Waals surface area contributed by atoms with E-state index in [0.717, 1.165) is 12.8 Å². The van der Waals surface area contributed by atoms with Crippen molar-refractivity contribution in [3.05, 3.63) is 0 Å². The molecule has 3 atom stereocenters. The molecule has 2 heterocycles. The molecular weight excluding hydrogens is 274 g/mol. The van der Waals surface area contributed by atoms with Crippen LogP contribution in [0.1, 0.15) is 39.5 Å². The third-order valence-electron chi connectivity index (χ3n) is 4.47. The van der Waals surface area contributed by atoms with Crippen molar-refractivity contribution in [3.63, 3.8) is 0 Å². The van der Waals surface area contributed by atoms with Crippen LogP contribution in [0.15, 0.2) is 0 Å². The fourth-order valence-corrected chi connectivity index (χ4v) is 3.23. The normalized spacial score (nSPS) is 27.5. The summed E-state index contributed by atoms with van der Waals surface area (Å²) >= 11 is 0. The number of rotatable bonds is 4. The van der Waals surface area contributed by atoms with Crippen molar-refractivity contribution in [2.45, 2.75) is 51.1 Å². The van der Waals surface area contributed by atoms with Crippen LogP contribution in [0.25, 0.3) is 0 Å². The summed E-state index contributed by atoms with van der Waals surface area (Å²) in [7, 11) is 0. The highest BCUT2D eigenvalue weighted by Gasteiger charge is 2.44. The van der Waals surface area contributed by atoms with Crippen LogP contribution in [0.4, 0.5) is 4.79 Å².